The van der Waals surface area contributed by atoms with E-state index in [4.69, 9.17) is 4.74 Å². The third-order valence-corrected chi connectivity index (χ3v) is 8.28. The maximum absolute atomic E-state index is 13.8. The van der Waals surface area contributed by atoms with Crippen LogP contribution >= 0.6 is 34.4 Å². The molecule has 10 heteroatoms. The molecule has 0 radical (unpaired) electrons. The fourth-order valence-electron chi connectivity index (χ4n) is 4.79. The van der Waals surface area contributed by atoms with E-state index in [-0.39, 0.29) is 28.9 Å². The number of hydrogen-bond acceptors (Lipinski definition) is 7. The van der Waals surface area contributed by atoms with Gasteiger partial charge in [0.1, 0.15) is 5.56 Å². The van der Waals surface area contributed by atoms with Crippen LogP contribution in [-0.4, -0.2) is 84.9 Å². The molecule has 1 aromatic heterocycles. The summed E-state index contributed by atoms with van der Waals surface area (Å²) in [7, 11) is 4.01. The second-order valence-electron chi connectivity index (χ2n) is 9.26. The number of aryl methyl sites for hydroxylation is 1. The van der Waals surface area contributed by atoms with Crippen molar-refractivity contribution in [2.45, 2.75) is 31.6 Å². The van der Waals surface area contributed by atoms with Crippen molar-refractivity contribution in [1.29, 1.82) is 0 Å². The number of thioether (sulfide) groups is 1. The second-order valence-corrected chi connectivity index (χ2v) is 11.6. The van der Waals surface area contributed by atoms with Gasteiger partial charge in [0.05, 0.1) is 23.1 Å². The van der Waals surface area contributed by atoms with Crippen LogP contribution in [0.2, 0.25) is 0 Å². The number of esters is 1. The van der Waals surface area contributed by atoms with Crippen molar-refractivity contribution in [3.8, 4) is 0 Å². The lowest BCUT2D eigenvalue weighted by molar-refractivity contribution is -0.130. The third kappa shape index (κ3) is 5.75. The maximum Gasteiger partial charge on any atom is 0.345 e. The van der Waals surface area contributed by atoms with E-state index in [0.29, 0.717) is 38.4 Å². The van der Waals surface area contributed by atoms with Gasteiger partial charge in [-0.3, -0.25) is 9.59 Å². The first-order chi connectivity index (χ1) is 17.3. The summed E-state index contributed by atoms with van der Waals surface area (Å²) >= 11 is 3.84. The van der Waals surface area contributed by atoms with Crippen molar-refractivity contribution < 1.29 is 14.3 Å². The number of nitrogens with zero attached hydrogens (tertiary/aromatic N) is 4. The minimum atomic E-state index is -0.591. The van der Waals surface area contributed by atoms with Gasteiger partial charge in [0.2, 0.25) is 5.91 Å². The van der Waals surface area contributed by atoms with Gasteiger partial charge in [-0.2, -0.15) is 0 Å². The molecular formula is C26H33IN4O4S. The van der Waals surface area contributed by atoms with Gasteiger partial charge in [-0.05, 0) is 86.6 Å². The summed E-state index contributed by atoms with van der Waals surface area (Å²) in [5.74, 6) is -0.433. The Balaban J connectivity index is 1.74. The largest absolute Gasteiger partial charge is 0.462 e. The van der Waals surface area contributed by atoms with Crippen molar-refractivity contribution >= 4 is 62.8 Å². The average Bonchev–Trinajstić information content (AvgIpc) is 3.39. The summed E-state index contributed by atoms with van der Waals surface area (Å²) in [5, 5.41) is 2.82. The highest BCUT2D eigenvalue weighted by Crippen LogP contribution is 2.33. The summed E-state index contributed by atoms with van der Waals surface area (Å²) in [5.41, 5.74) is 1.21. The number of carbonyl (C=O) groups excluding carboxylic acids is 2. The number of fused-ring (bicyclic) bond motifs is 1. The van der Waals surface area contributed by atoms with Crippen LogP contribution in [0, 0.1) is 3.57 Å². The minimum Gasteiger partial charge on any atom is -0.462 e. The molecule has 2 aromatic rings. The van der Waals surface area contributed by atoms with E-state index < -0.39 is 5.97 Å². The SMILES string of the molecule is CCOC(=O)c1c(N2CCN(C(=O)C3CC=CS3)CC2)c2cc(I)ccc2n(CCCN(C)C)c1=O. The first kappa shape index (κ1) is 27.0. The molecule has 0 saturated carbocycles. The highest BCUT2D eigenvalue weighted by Gasteiger charge is 2.32. The number of halogens is 1. The predicted octanol–water partition coefficient (Wildman–Crippen LogP) is 3.40. The van der Waals surface area contributed by atoms with Crippen molar-refractivity contribution in [2.75, 3.05) is 58.3 Å². The zero-order chi connectivity index (χ0) is 25.8. The van der Waals surface area contributed by atoms with Crippen LogP contribution in [0.25, 0.3) is 10.9 Å². The summed E-state index contributed by atoms with van der Waals surface area (Å²) in [4.78, 5) is 46.0. The lowest BCUT2D eigenvalue weighted by Gasteiger charge is -2.38. The molecule has 36 heavy (non-hydrogen) atoms. The Kier molecular flexibility index (Phi) is 9.00. The lowest BCUT2D eigenvalue weighted by atomic mass is 10.1. The van der Waals surface area contributed by atoms with E-state index in [1.807, 2.05) is 48.7 Å². The number of rotatable bonds is 8. The van der Waals surface area contributed by atoms with E-state index in [0.717, 1.165) is 33.9 Å². The van der Waals surface area contributed by atoms with Crippen LogP contribution in [0.15, 0.2) is 34.5 Å². The number of anilines is 1. The number of benzene rings is 1. The molecule has 0 spiro atoms. The average molecular weight is 625 g/mol. The Labute approximate surface area is 229 Å². The summed E-state index contributed by atoms with van der Waals surface area (Å²) in [6.07, 6.45) is 3.59. The van der Waals surface area contributed by atoms with Gasteiger partial charge in [-0.1, -0.05) is 6.08 Å². The number of hydrogen-bond donors (Lipinski definition) is 0. The standard InChI is InChI=1S/C26H33IN4O4S/c1-4-35-26(34)22-23(29-12-14-30(15-13-29)24(32)21-7-5-16-36-21)19-17-18(27)8-9-20(19)31(25(22)33)11-6-10-28(2)3/h5,8-9,16-17,21H,4,6-7,10-15H2,1-3H3. The first-order valence-corrected chi connectivity index (χ1v) is 14.4. The Morgan fingerprint density at radius 3 is 2.58 bits per heavy atom. The van der Waals surface area contributed by atoms with Gasteiger partial charge in [0.15, 0.2) is 0 Å². The molecule has 1 atom stereocenters. The Hall–Kier alpha value is -2.05. The third-order valence-electron chi connectivity index (χ3n) is 6.54. The predicted molar refractivity (Wildman–Crippen MR) is 154 cm³/mol. The zero-order valence-electron chi connectivity index (χ0n) is 21.0. The van der Waals surface area contributed by atoms with Gasteiger partial charge in [0, 0.05) is 41.7 Å². The highest BCUT2D eigenvalue weighted by molar-refractivity contribution is 14.1. The lowest BCUT2D eigenvalue weighted by Crippen LogP contribution is -2.51. The highest BCUT2D eigenvalue weighted by atomic mass is 127. The number of ether oxygens (including phenoxy) is 1. The normalized spacial score (nSPS) is 17.9. The molecular weight excluding hydrogens is 591 g/mol. The zero-order valence-corrected chi connectivity index (χ0v) is 24.0. The number of allylic oxidation sites excluding steroid dienone is 1. The van der Waals surface area contributed by atoms with E-state index in [1.54, 1.807) is 23.3 Å². The number of aromatic nitrogens is 1. The molecule has 0 N–H and O–H groups in total. The van der Waals surface area contributed by atoms with Gasteiger partial charge < -0.3 is 24.0 Å². The molecule has 3 heterocycles. The molecule has 0 aliphatic carbocycles. The quantitative estimate of drug-likeness (QED) is 0.330. The molecule has 1 saturated heterocycles. The summed E-state index contributed by atoms with van der Waals surface area (Å²) < 4.78 is 8.12. The summed E-state index contributed by atoms with van der Waals surface area (Å²) in [6, 6.07) is 5.99. The minimum absolute atomic E-state index is 0.0415. The number of piperazine rings is 1. The Bertz CT molecular complexity index is 1210. The van der Waals surface area contributed by atoms with Crippen molar-refractivity contribution in [1.82, 2.24) is 14.4 Å². The fourth-order valence-corrected chi connectivity index (χ4v) is 6.19. The smallest absolute Gasteiger partial charge is 0.345 e. The molecule has 1 unspecified atom stereocenters. The van der Waals surface area contributed by atoms with E-state index in [2.05, 4.69) is 32.4 Å². The van der Waals surface area contributed by atoms with Gasteiger partial charge in [-0.15, -0.1) is 11.8 Å². The van der Waals surface area contributed by atoms with E-state index in [1.165, 1.54) is 0 Å². The topological polar surface area (TPSA) is 75.1 Å². The Morgan fingerprint density at radius 2 is 1.94 bits per heavy atom. The fraction of sp³-hybridized carbons (Fsp3) is 0.500. The van der Waals surface area contributed by atoms with Crippen molar-refractivity contribution in [3.63, 3.8) is 0 Å². The molecule has 4 rings (SSSR count). The van der Waals surface area contributed by atoms with Crippen LogP contribution in [0.3, 0.4) is 0 Å². The number of carbonyl (C=O) groups is 2. The van der Waals surface area contributed by atoms with Crippen LogP contribution < -0.4 is 10.5 Å². The van der Waals surface area contributed by atoms with Gasteiger partial charge >= 0.3 is 5.97 Å². The van der Waals surface area contributed by atoms with E-state index >= 15 is 0 Å². The molecule has 1 aromatic carbocycles. The van der Waals surface area contributed by atoms with Crippen LogP contribution in [0.4, 0.5) is 5.69 Å². The van der Waals surface area contributed by atoms with Crippen molar-refractivity contribution in [3.05, 3.63) is 49.2 Å². The molecule has 2 aliphatic heterocycles. The van der Waals surface area contributed by atoms with Gasteiger partial charge in [-0.25, -0.2) is 4.79 Å². The summed E-state index contributed by atoms with van der Waals surface area (Å²) in [6.45, 7) is 5.48. The second kappa shape index (κ2) is 12.0. The molecule has 2 aliphatic rings. The monoisotopic (exact) mass is 624 g/mol. The van der Waals surface area contributed by atoms with Crippen LogP contribution in [-0.2, 0) is 16.1 Å². The number of amides is 1. The van der Waals surface area contributed by atoms with Crippen LogP contribution in [0.1, 0.15) is 30.1 Å². The van der Waals surface area contributed by atoms with E-state index in [9.17, 15) is 14.4 Å². The molecule has 8 nitrogen and oxygen atoms in total. The number of pyridine rings is 1. The Morgan fingerprint density at radius 1 is 1.19 bits per heavy atom. The molecule has 0 bridgehead atoms. The molecule has 194 valence electrons. The van der Waals surface area contributed by atoms with Gasteiger partial charge in [0.25, 0.3) is 5.56 Å². The molecule has 1 fully saturated rings. The first-order valence-electron chi connectivity index (χ1n) is 12.3. The molecule has 1 amide bonds. The van der Waals surface area contributed by atoms with Crippen LogP contribution in [0.5, 0.6) is 0 Å². The van der Waals surface area contributed by atoms with Crippen molar-refractivity contribution in [2.24, 2.45) is 0 Å². The maximum atomic E-state index is 13.8.